The summed E-state index contributed by atoms with van der Waals surface area (Å²) in [6.45, 7) is 0. The number of aromatic nitrogens is 2. The van der Waals surface area contributed by atoms with Gasteiger partial charge in [0.25, 0.3) is 0 Å². The van der Waals surface area contributed by atoms with Crippen molar-refractivity contribution in [2.75, 3.05) is 5.43 Å². The van der Waals surface area contributed by atoms with Crippen LogP contribution in [0.5, 0.6) is 11.6 Å². The first-order valence-electron chi connectivity index (χ1n) is 5.35. The van der Waals surface area contributed by atoms with Gasteiger partial charge in [0, 0.05) is 12.1 Å². The van der Waals surface area contributed by atoms with Crippen LogP contribution in [0.1, 0.15) is 5.82 Å². The summed E-state index contributed by atoms with van der Waals surface area (Å²) < 4.78 is 68.9. The molecule has 3 N–H and O–H groups in total. The molecule has 21 heavy (non-hydrogen) atoms. The predicted octanol–water partition coefficient (Wildman–Crippen LogP) is 2.85. The lowest BCUT2D eigenvalue weighted by atomic mass is 10.3. The van der Waals surface area contributed by atoms with Gasteiger partial charge in [-0.25, -0.2) is 19.6 Å². The highest BCUT2D eigenvalue weighted by atomic mass is 19.4. The molecule has 2 rings (SSSR count). The SMILES string of the molecule is NNc1cc(Oc2cc(F)ccc2F)nc(C(F)(F)F)n1. The van der Waals surface area contributed by atoms with Gasteiger partial charge in [-0.3, -0.25) is 0 Å². The number of nitrogens with two attached hydrogens (primary N) is 1. The maximum absolute atomic E-state index is 13.4. The summed E-state index contributed by atoms with van der Waals surface area (Å²) in [5.41, 5.74) is 1.89. The van der Waals surface area contributed by atoms with Crippen LogP contribution in [0, 0.1) is 11.6 Å². The monoisotopic (exact) mass is 306 g/mol. The first-order chi connectivity index (χ1) is 9.79. The second-order valence-electron chi connectivity index (χ2n) is 3.73. The van der Waals surface area contributed by atoms with Gasteiger partial charge >= 0.3 is 6.18 Å². The maximum atomic E-state index is 13.4. The van der Waals surface area contributed by atoms with Crippen LogP contribution in [0.25, 0.3) is 0 Å². The molecule has 0 unspecified atom stereocenters. The lowest BCUT2D eigenvalue weighted by molar-refractivity contribution is -0.145. The van der Waals surface area contributed by atoms with Gasteiger partial charge in [-0.15, -0.1) is 0 Å². The number of halogens is 5. The van der Waals surface area contributed by atoms with Crippen molar-refractivity contribution in [3.8, 4) is 11.6 Å². The molecule has 0 fully saturated rings. The van der Waals surface area contributed by atoms with Gasteiger partial charge in [-0.1, -0.05) is 0 Å². The zero-order valence-corrected chi connectivity index (χ0v) is 10.1. The van der Waals surface area contributed by atoms with Crippen molar-refractivity contribution in [3.63, 3.8) is 0 Å². The quantitative estimate of drug-likeness (QED) is 0.518. The summed E-state index contributed by atoms with van der Waals surface area (Å²) in [6.07, 6.45) is -4.86. The Morgan fingerprint density at radius 1 is 1.10 bits per heavy atom. The Morgan fingerprint density at radius 3 is 2.43 bits per heavy atom. The normalized spacial score (nSPS) is 11.3. The first kappa shape index (κ1) is 14.9. The predicted molar refractivity (Wildman–Crippen MR) is 61.3 cm³/mol. The Morgan fingerprint density at radius 2 is 1.81 bits per heavy atom. The second kappa shape index (κ2) is 5.48. The number of rotatable bonds is 3. The minimum Gasteiger partial charge on any atom is -0.436 e. The summed E-state index contributed by atoms with van der Waals surface area (Å²) in [5.74, 6) is -0.0116. The average Bonchev–Trinajstić information content (AvgIpc) is 2.41. The van der Waals surface area contributed by atoms with Crippen molar-refractivity contribution >= 4 is 5.82 Å². The number of anilines is 1. The van der Waals surface area contributed by atoms with Crippen LogP contribution in [0.4, 0.5) is 27.8 Å². The Kier molecular flexibility index (Phi) is 3.89. The number of benzene rings is 1. The van der Waals surface area contributed by atoms with Crippen molar-refractivity contribution in [1.82, 2.24) is 9.97 Å². The summed E-state index contributed by atoms with van der Waals surface area (Å²) in [7, 11) is 0. The van der Waals surface area contributed by atoms with Crippen molar-refractivity contribution < 1.29 is 26.7 Å². The van der Waals surface area contributed by atoms with Gasteiger partial charge in [-0.2, -0.15) is 18.2 Å². The number of hydrazine groups is 1. The van der Waals surface area contributed by atoms with E-state index in [9.17, 15) is 22.0 Å². The van der Waals surface area contributed by atoms with E-state index in [1.807, 2.05) is 5.43 Å². The fourth-order valence-electron chi connectivity index (χ4n) is 1.35. The van der Waals surface area contributed by atoms with Gasteiger partial charge in [0.05, 0.1) is 0 Å². The van der Waals surface area contributed by atoms with Crippen LogP contribution >= 0.6 is 0 Å². The highest BCUT2D eigenvalue weighted by Gasteiger charge is 2.35. The molecule has 0 bridgehead atoms. The first-order valence-corrected chi connectivity index (χ1v) is 5.35. The number of hydrogen-bond acceptors (Lipinski definition) is 5. The van der Waals surface area contributed by atoms with E-state index in [-0.39, 0.29) is 0 Å². The third kappa shape index (κ3) is 3.54. The molecular weight excluding hydrogens is 299 g/mol. The number of nitrogen functional groups attached to an aromatic ring is 1. The Balaban J connectivity index is 2.42. The van der Waals surface area contributed by atoms with E-state index in [0.717, 1.165) is 18.2 Å². The van der Waals surface area contributed by atoms with E-state index in [2.05, 4.69) is 9.97 Å². The van der Waals surface area contributed by atoms with Crippen LogP contribution in [-0.4, -0.2) is 9.97 Å². The molecule has 0 atom stereocenters. The van der Waals surface area contributed by atoms with Crippen molar-refractivity contribution in [2.24, 2.45) is 5.84 Å². The third-order valence-corrected chi connectivity index (χ3v) is 2.21. The summed E-state index contributed by atoms with van der Waals surface area (Å²) in [5, 5.41) is 0. The standard InChI is InChI=1S/C11H7F5N4O/c12-5-1-2-6(13)7(3-5)21-9-4-8(20-17)18-10(19-9)11(14,15)16/h1-4H,17H2,(H,18,19,20). The molecule has 0 saturated heterocycles. The lowest BCUT2D eigenvalue weighted by Gasteiger charge is -2.11. The molecule has 2 aromatic rings. The van der Waals surface area contributed by atoms with Gasteiger partial charge in [0.2, 0.25) is 11.7 Å². The van der Waals surface area contributed by atoms with Gasteiger partial charge in [0.15, 0.2) is 11.6 Å². The Bertz CT molecular complexity index is 662. The molecule has 0 amide bonds. The number of nitrogens with zero attached hydrogens (tertiary/aromatic N) is 2. The van der Waals surface area contributed by atoms with Crippen LogP contribution in [0.15, 0.2) is 24.3 Å². The summed E-state index contributed by atoms with van der Waals surface area (Å²) in [4.78, 5) is 6.16. The number of alkyl halides is 3. The molecule has 112 valence electrons. The summed E-state index contributed by atoms with van der Waals surface area (Å²) >= 11 is 0. The zero-order valence-electron chi connectivity index (χ0n) is 10.1. The highest BCUT2D eigenvalue weighted by molar-refractivity contribution is 5.39. The fraction of sp³-hybridized carbons (Fsp3) is 0.0909. The molecule has 1 aromatic carbocycles. The largest absolute Gasteiger partial charge is 0.451 e. The molecule has 0 spiro atoms. The second-order valence-corrected chi connectivity index (χ2v) is 3.73. The van der Waals surface area contributed by atoms with E-state index < -0.39 is 41.1 Å². The molecule has 10 heteroatoms. The average molecular weight is 306 g/mol. The lowest BCUT2D eigenvalue weighted by Crippen LogP contribution is -2.16. The van der Waals surface area contributed by atoms with Crippen LogP contribution < -0.4 is 16.0 Å². The maximum Gasteiger partial charge on any atom is 0.451 e. The molecule has 0 radical (unpaired) electrons. The molecule has 5 nitrogen and oxygen atoms in total. The molecule has 0 aliphatic carbocycles. The molecule has 1 heterocycles. The Labute approximate surface area is 114 Å². The van der Waals surface area contributed by atoms with Crippen molar-refractivity contribution in [2.45, 2.75) is 6.18 Å². The van der Waals surface area contributed by atoms with Crippen molar-refractivity contribution in [3.05, 3.63) is 41.7 Å². The minimum atomic E-state index is -4.86. The van der Waals surface area contributed by atoms with E-state index in [4.69, 9.17) is 10.6 Å². The molecular formula is C11H7F5N4O. The van der Waals surface area contributed by atoms with Crippen LogP contribution in [-0.2, 0) is 6.18 Å². The third-order valence-electron chi connectivity index (χ3n) is 2.21. The smallest absolute Gasteiger partial charge is 0.436 e. The fourth-order valence-corrected chi connectivity index (χ4v) is 1.35. The highest BCUT2D eigenvalue weighted by Crippen LogP contribution is 2.31. The molecule has 0 aliphatic heterocycles. The number of ether oxygens (including phenoxy) is 1. The van der Waals surface area contributed by atoms with E-state index in [1.165, 1.54) is 0 Å². The van der Waals surface area contributed by atoms with Gasteiger partial charge < -0.3 is 10.2 Å². The minimum absolute atomic E-state index is 0.399. The van der Waals surface area contributed by atoms with Gasteiger partial charge in [0.1, 0.15) is 11.6 Å². The number of nitrogens with one attached hydrogen (secondary N) is 1. The topological polar surface area (TPSA) is 73.1 Å². The van der Waals surface area contributed by atoms with E-state index in [0.29, 0.717) is 6.07 Å². The van der Waals surface area contributed by atoms with Crippen molar-refractivity contribution in [1.29, 1.82) is 0 Å². The van der Waals surface area contributed by atoms with E-state index in [1.54, 1.807) is 0 Å². The molecule has 1 aromatic heterocycles. The van der Waals surface area contributed by atoms with E-state index >= 15 is 0 Å². The Hall–Kier alpha value is -2.49. The molecule has 0 aliphatic rings. The summed E-state index contributed by atoms with van der Waals surface area (Å²) in [6, 6.07) is 3.16. The van der Waals surface area contributed by atoms with Gasteiger partial charge in [-0.05, 0) is 12.1 Å². The van der Waals surface area contributed by atoms with Crippen LogP contribution in [0.2, 0.25) is 0 Å². The zero-order chi connectivity index (χ0) is 15.6. The van der Waals surface area contributed by atoms with Crippen LogP contribution in [0.3, 0.4) is 0 Å². The molecule has 0 saturated carbocycles. The number of hydrogen-bond donors (Lipinski definition) is 2.